The van der Waals surface area contributed by atoms with E-state index in [9.17, 15) is 4.79 Å². The third-order valence-electron chi connectivity index (χ3n) is 4.00. The topological polar surface area (TPSA) is 57.7 Å². The van der Waals surface area contributed by atoms with E-state index in [1.54, 1.807) is 38.1 Å². The van der Waals surface area contributed by atoms with E-state index >= 15 is 0 Å². The molecule has 2 aromatic rings. The molecule has 0 radical (unpaired) electrons. The highest BCUT2D eigenvalue weighted by Gasteiger charge is 2.33. The Hall–Kier alpha value is -1.98. The van der Waals surface area contributed by atoms with E-state index < -0.39 is 11.4 Å². The number of hydrogen-bond donors (Lipinski definition) is 0. The van der Waals surface area contributed by atoms with Gasteiger partial charge < -0.3 is 14.2 Å². The Balaban J connectivity index is 1.75. The highest BCUT2D eigenvalue weighted by atomic mass is 35.5. The summed E-state index contributed by atoms with van der Waals surface area (Å²) in [5.41, 5.74) is 0.313. The van der Waals surface area contributed by atoms with E-state index in [0.717, 1.165) is 5.56 Å². The van der Waals surface area contributed by atoms with Crippen molar-refractivity contribution in [2.24, 2.45) is 0 Å². The molecule has 1 aliphatic rings. The number of pyridine rings is 1. The molecule has 0 unspecified atom stereocenters. The molecule has 1 aromatic carbocycles. The minimum Gasteiger partial charge on any atom is -0.486 e. The van der Waals surface area contributed by atoms with Gasteiger partial charge in [-0.2, -0.15) is 0 Å². The molecule has 1 aliphatic heterocycles. The molecule has 0 bridgehead atoms. The van der Waals surface area contributed by atoms with Crippen LogP contribution in [-0.4, -0.2) is 24.2 Å². The van der Waals surface area contributed by atoms with E-state index in [-0.39, 0.29) is 6.61 Å². The molecule has 0 amide bonds. The summed E-state index contributed by atoms with van der Waals surface area (Å²) in [5.74, 6) is 0.903. The maximum absolute atomic E-state index is 12.6. The summed E-state index contributed by atoms with van der Waals surface area (Å²) < 4.78 is 16.5. The summed E-state index contributed by atoms with van der Waals surface area (Å²) >= 11 is 11.9. The Bertz CT molecular complexity index is 808. The first-order valence-electron chi connectivity index (χ1n) is 7.76. The third-order valence-corrected chi connectivity index (χ3v) is 4.55. The summed E-state index contributed by atoms with van der Waals surface area (Å²) in [7, 11) is 0. The van der Waals surface area contributed by atoms with Crippen molar-refractivity contribution in [3.05, 3.63) is 51.8 Å². The lowest BCUT2D eigenvalue weighted by Crippen LogP contribution is -2.31. The zero-order valence-corrected chi connectivity index (χ0v) is 15.4. The van der Waals surface area contributed by atoms with Crippen LogP contribution in [0.4, 0.5) is 0 Å². The fourth-order valence-corrected chi connectivity index (χ4v) is 2.75. The van der Waals surface area contributed by atoms with Gasteiger partial charge in [0.05, 0.1) is 16.1 Å². The second kappa shape index (κ2) is 7.10. The molecule has 7 heteroatoms. The van der Waals surface area contributed by atoms with Crippen molar-refractivity contribution in [1.29, 1.82) is 0 Å². The van der Waals surface area contributed by atoms with Gasteiger partial charge in [-0.15, -0.1) is 0 Å². The second-order valence-corrected chi connectivity index (χ2v) is 6.92. The van der Waals surface area contributed by atoms with Crippen LogP contribution in [0.1, 0.15) is 25.1 Å². The normalized spacial score (nSPS) is 13.4. The zero-order valence-electron chi connectivity index (χ0n) is 13.8. The van der Waals surface area contributed by atoms with Crippen molar-refractivity contribution in [3.63, 3.8) is 0 Å². The molecular weight excluding hydrogens is 365 g/mol. The first-order chi connectivity index (χ1) is 11.9. The van der Waals surface area contributed by atoms with Crippen molar-refractivity contribution in [2.75, 3.05) is 13.2 Å². The molecule has 0 fully saturated rings. The second-order valence-electron chi connectivity index (χ2n) is 6.12. The first kappa shape index (κ1) is 17.8. The van der Waals surface area contributed by atoms with Gasteiger partial charge in [-0.05, 0) is 43.7 Å². The Labute approximate surface area is 155 Å². The molecule has 1 aromatic heterocycles. The van der Waals surface area contributed by atoms with E-state index in [1.165, 1.54) is 0 Å². The van der Waals surface area contributed by atoms with E-state index in [1.807, 2.05) is 6.07 Å². The molecule has 0 saturated heterocycles. The molecule has 2 heterocycles. The predicted octanol–water partition coefficient (Wildman–Crippen LogP) is 4.18. The minimum absolute atomic E-state index is 0.0494. The van der Waals surface area contributed by atoms with E-state index in [0.29, 0.717) is 40.6 Å². The lowest BCUT2D eigenvalue weighted by atomic mass is 9.84. The molecular formula is C18H17Cl2NO4. The summed E-state index contributed by atoms with van der Waals surface area (Å²) in [5, 5.41) is 0.691. The molecule has 0 saturated carbocycles. The lowest BCUT2D eigenvalue weighted by molar-refractivity contribution is -0.150. The van der Waals surface area contributed by atoms with Crippen LogP contribution in [0.5, 0.6) is 11.5 Å². The summed E-state index contributed by atoms with van der Waals surface area (Å²) in [6, 6.07) is 8.63. The predicted molar refractivity (Wildman–Crippen MR) is 94.5 cm³/mol. The summed E-state index contributed by atoms with van der Waals surface area (Å²) in [6.45, 7) is 4.53. The van der Waals surface area contributed by atoms with Gasteiger partial charge >= 0.3 is 5.97 Å². The maximum Gasteiger partial charge on any atom is 0.316 e. The van der Waals surface area contributed by atoms with Crippen LogP contribution in [0.2, 0.25) is 10.2 Å². The van der Waals surface area contributed by atoms with Gasteiger partial charge in [0.15, 0.2) is 11.5 Å². The van der Waals surface area contributed by atoms with Gasteiger partial charge in [0.1, 0.15) is 25.0 Å². The average Bonchev–Trinajstić information content (AvgIpc) is 2.61. The molecule has 0 aliphatic carbocycles. The number of hydrogen-bond acceptors (Lipinski definition) is 5. The van der Waals surface area contributed by atoms with Crippen molar-refractivity contribution in [1.82, 2.24) is 4.98 Å². The lowest BCUT2D eigenvalue weighted by Gasteiger charge is -2.25. The third kappa shape index (κ3) is 3.83. The van der Waals surface area contributed by atoms with Crippen LogP contribution in [0, 0.1) is 0 Å². The van der Waals surface area contributed by atoms with E-state index in [2.05, 4.69) is 4.98 Å². The maximum atomic E-state index is 12.6. The number of carbonyl (C=O) groups excluding carboxylic acids is 1. The number of carbonyl (C=O) groups is 1. The minimum atomic E-state index is -0.874. The van der Waals surface area contributed by atoms with Gasteiger partial charge in [0.2, 0.25) is 0 Å². The number of fused-ring (bicyclic) bond motifs is 1. The van der Waals surface area contributed by atoms with Crippen molar-refractivity contribution < 1.29 is 19.0 Å². The van der Waals surface area contributed by atoms with Crippen LogP contribution in [0.25, 0.3) is 0 Å². The molecule has 0 N–H and O–H groups in total. The van der Waals surface area contributed by atoms with Crippen molar-refractivity contribution >= 4 is 29.2 Å². The summed E-state index contributed by atoms with van der Waals surface area (Å²) in [6.07, 6.45) is 0. The summed E-state index contributed by atoms with van der Waals surface area (Å²) in [4.78, 5) is 16.7. The fraction of sp³-hybridized carbons (Fsp3) is 0.333. The smallest absolute Gasteiger partial charge is 0.316 e. The van der Waals surface area contributed by atoms with Crippen LogP contribution in [0.3, 0.4) is 0 Å². The highest BCUT2D eigenvalue weighted by molar-refractivity contribution is 6.32. The van der Waals surface area contributed by atoms with Crippen molar-refractivity contribution in [3.8, 4) is 11.5 Å². The van der Waals surface area contributed by atoms with Gasteiger partial charge in [0, 0.05) is 0 Å². The van der Waals surface area contributed by atoms with Gasteiger partial charge in [-0.25, -0.2) is 4.98 Å². The first-order valence-corrected chi connectivity index (χ1v) is 8.52. The SMILES string of the molecule is CC(C)(C(=O)OCc1nc(Cl)ccc1Cl)c1ccc2c(c1)OCCO2. The monoisotopic (exact) mass is 381 g/mol. The molecule has 3 rings (SSSR count). The zero-order chi connectivity index (χ0) is 18.0. The number of esters is 1. The molecule has 5 nitrogen and oxygen atoms in total. The average molecular weight is 382 g/mol. The number of aromatic nitrogens is 1. The number of ether oxygens (including phenoxy) is 3. The van der Waals surface area contributed by atoms with Gasteiger partial charge in [-0.3, -0.25) is 4.79 Å². The van der Waals surface area contributed by atoms with Gasteiger partial charge in [0.25, 0.3) is 0 Å². The van der Waals surface area contributed by atoms with Crippen molar-refractivity contribution in [2.45, 2.75) is 25.9 Å². The Morgan fingerprint density at radius 2 is 1.88 bits per heavy atom. The van der Waals surface area contributed by atoms with Gasteiger partial charge in [-0.1, -0.05) is 29.3 Å². The van der Waals surface area contributed by atoms with Crippen LogP contribution >= 0.6 is 23.2 Å². The number of nitrogens with zero attached hydrogens (tertiary/aromatic N) is 1. The molecule has 132 valence electrons. The van der Waals surface area contributed by atoms with Crippen LogP contribution in [0.15, 0.2) is 30.3 Å². The van der Waals surface area contributed by atoms with Crippen LogP contribution in [-0.2, 0) is 21.6 Å². The molecule has 0 atom stereocenters. The number of benzene rings is 1. The Morgan fingerprint density at radius 3 is 2.64 bits per heavy atom. The highest BCUT2D eigenvalue weighted by Crippen LogP contribution is 2.35. The molecule has 0 spiro atoms. The van der Waals surface area contributed by atoms with E-state index in [4.69, 9.17) is 37.4 Å². The standard InChI is InChI=1S/C18H17Cl2NO4/c1-18(2,11-3-5-14-15(9-11)24-8-7-23-14)17(22)25-10-13-12(19)4-6-16(20)21-13/h3-6,9H,7-8,10H2,1-2H3. The molecule has 25 heavy (non-hydrogen) atoms. The Morgan fingerprint density at radius 1 is 1.16 bits per heavy atom. The fourth-order valence-electron chi connectivity index (χ4n) is 2.42. The van der Waals surface area contributed by atoms with Crippen LogP contribution < -0.4 is 9.47 Å². The largest absolute Gasteiger partial charge is 0.486 e. The number of halogens is 2. The number of rotatable bonds is 4. The Kier molecular flexibility index (Phi) is 5.06. The quantitative estimate of drug-likeness (QED) is 0.587.